The van der Waals surface area contributed by atoms with Gasteiger partial charge in [-0.2, -0.15) is 0 Å². The number of carbonyl (C=O) groups is 1. The van der Waals surface area contributed by atoms with Gasteiger partial charge in [-0.3, -0.25) is 4.79 Å². The highest BCUT2D eigenvalue weighted by Crippen LogP contribution is 2.59. The van der Waals surface area contributed by atoms with E-state index in [4.69, 9.17) is 0 Å². The maximum atomic E-state index is 12.5. The Morgan fingerprint density at radius 3 is 2.63 bits per heavy atom. The van der Waals surface area contributed by atoms with Crippen molar-refractivity contribution in [2.24, 2.45) is 22.7 Å². The molecule has 1 aromatic carbocycles. The van der Waals surface area contributed by atoms with Crippen LogP contribution in [0.3, 0.4) is 0 Å². The summed E-state index contributed by atoms with van der Waals surface area (Å²) >= 11 is 0. The maximum Gasteiger partial charge on any atom is 0.139 e. The standard InChI is InChI=1S/C24H32N2O/c1-23-10-9-19-18-6-4-17(26-14-24(15-26)12-25(2)13-24)11-16(18)3-5-20(19)21(23)7-8-22(23)27/h4,6,11,19-21H,3,5,7-10,12-15H2,1-2H3. The molecule has 2 aliphatic heterocycles. The fourth-order valence-corrected chi connectivity index (χ4v) is 7.78. The lowest BCUT2D eigenvalue weighted by atomic mass is 9.55. The van der Waals surface area contributed by atoms with Crippen molar-refractivity contribution in [1.82, 2.24) is 4.90 Å². The third kappa shape index (κ3) is 2.21. The number of ketones is 1. The minimum Gasteiger partial charge on any atom is -0.370 e. The molecule has 0 bridgehead atoms. The molecule has 144 valence electrons. The highest BCUT2D eigenvalue weighted by atomic mass is 16.1. The zero-order valence-electron chi connectivity index (χ0n) is 16.8. The third-order valence-corrected chi connectivity index (χ3v) is 9.05. The average Bonchev–Trinajstić information content (AvgIpc) is 2.91. The number of nitrogens with zero attached hydrogens (tertiary/aromatic N) is 2. The second kappa shape index (κ2) is 5.37. The zero-order chi connectivity index (χ0) is 18.4. The van der Waals surface area contributed by atoms with E-state index < -0.39 is 0 Å². The molecule has 4 atom stereocenters. The van der Waals surface area contributed by atoms with Gasteiger partial charge < -0.3 is 9.80 Å². The van der Waals surface area contributed by atoms with Crippen molar-refractivity contribution in [1.29, 1.82) is 0 Å². The second-order valence-corrected chi connectivity index (χ2v) is 10.7. The Hall–Kier alpha value is -1.35. The maximum absolute atomic E-state index is 12.5. The van der Waals surface area contributed by atoms with Crippen LogP contribution in [0.25, 0.3) is 0 Å². The largest absolute Gasteiger partial charge is 0.370 e. The van der Waals surface area contributed by atoms with E-state index in [1.807, 2.05) is 0 Å². The second-order valence-electron chi connectivity index (χ2n) is 10.7. The minimum atomic E-state index is 0.000493. The summed E-state index contributed by atoms with van der Waals surface area (Å²) in [6.07, 6.45) is 6.82. The van der Waals surface area contributed by atoms with E-state index in [9.17, 15) is 4.79 Å². The van der Waals surface area contributed by atoms with E-state index in [0.29, 0.717) is 23.0 Å². The van der Waals surface area contributed by atoms with Crippen LogP contribution in [0.2, 0.25) is 0 Å². The van der Waals surface area contributed by atoms with Gasteiger partial charge in [0.05, 0.1) is 0 Å². The molecule has 3 aliphatic carbocycles. The summed E-state index contributed by atoms with van der Waals surface area (Å²) in [4.78, 5) is 17.5. The van der Waals surface area contributed by atoms with Gasteiger partial charge in [-0.05, 0) is 80.2 Å². The first-order valence-electron chi connectivity index (χ1n) is 11.1. The number of carbonyl (C=O) groups excluding carboxylic acids is 1. The van der Waals surface area contributed by atoms with Crippen LogP contribution in [0.5, 0.6) is 0 Å². The van der Waals surface area contributed by atoms with Crippen molar-refractivity contribution in [3.05, 3.63) is 29.3 Å². The normalized spacial score (nSPS) is 39.4. The van der Waals surface area contributed by atoms with Gasteiger partial charge in [-0.15, -0.1) is 0 Å². The average molecular weight is 365 g/mol. The van der Waals surface area contributed by atoms with Gasteiger partial charge >= 0.3 is 0 Å². The molecule has 1 aromatic rings. The number of fused-ring (bicyclic) bond motifs is 5. The smallest absolute Gasteiger partial charge is 0.139 e. The van der Waals surface area contributed by atoms with E-state index in [2.05, 4.69) is 42.0 Å². The molecule has 27 heavy (non-hydrogen) atoms. The molecule has 2 saturated heterocycles. The van der Waals surface area contributed by atoms with E-state index in [1.54, 1.807) is 11.1 Å². The summed E-state index contributed by atoms with van der Waals surface area (Å²) in [6, 6.07) is 7.36. The highest BCUT2D eigenvalue weighted by molar-refractivity contribution is 5.87. The first-order chi connectivity index (χ1) is 13.0. The van der Waals surface area contributed by atoms with Crippen LogP contribution in [0.1, 0.15) is 56.1 Å². The van der Waals surface area contributed by atoms with E-state index in [-0.39, 0.29) is 5.41 Å². The number of aryl methyl sites for hydroxylation is 1. The van der Waals surface area contributed by atoms with Crippen LogP contribution in [0.4, 0.5) is 5.69 Å². The van der Waals surface area contributed by atoms with Gasteiger partial charge in [0.25, 0.3) is 0 Å². The van der Waals surface area contributed by atoms with Crippen LogP contribution >= 0.6 is 0 Å². The van der Waals surface area contributed by atoms with E-state index >= 15 is 0 Å². The number of anilines is 1. The van der Waals surface area contributed by atoms with Crippen LogP contribution < -0.4 is 4.90 Å². The zero-order valence-corrected chi connectivity index (χ0v) is 16.8. The minimum absolute atomic E-state index is 0.000493. The van der Waals surface area contributed by atoms with E-state index in [0.717, 1.165) is 25.2 Å². The summed E-state index contributed by atoms with van der Waals surface area (Å²) < 4.78 is 0. The molecule has 5 aliphatic rings. The predicted molar refractivity (Wildman–Crippen MR) is 108 cm³/mol. The number of hydrogen-bond donors (Lipinski definition) is 0. The molecule has 0 N–H and O–H groups in total. The molecule has 1 spiro atoms. The van der Waals surface area contributed by atoms with Crippen molar-refractivity contribution in [2.75, 3.05) is 38.1 Å². The van der Waals surface area contributed by atoms with Crippen molar-refractivity contribution >= 4 is 11.5 Å². The summed E-state index contributed by atoms with van der Waals surface area (Å²) in [5, 5.41) is 0. The van der Waals surface area contributed by atoms with Gasteiger partial charge in [-0.25, -0.2) is 0 Å². The van der Waals surface area contributed by atoms with Gasteiger partial charge in [-0.1, -0.05) is 13.0 Å². The Morgan fingerprint density at radius 1 is 1.04 bits per heavy atom. The summed E-state index contributed by atoms with van der Waals surface area (Å²) in [7, 11) is 2.23. The van der Waals surface area contributed by atoms with Gasteiger partial charge in [0.15, 0.2) is 0 Å². The van der Waals surface area contributed by atoms with Crippen molar-refractivity contribution in [2.45, 2.75) is 51.4 Å². The molecule has 6 rings (SSSR count). The molecular weight excluding hydrogens is 332 g/mol. The third-order valence-electron chi connectivity index (χ3n) is 9.05. The van der Waals surface area contributed by atoms with Crippen molar-refractivity contribution in [3.63, 3.8) is 0 Å². The molecule has 2 heterocycles. The Labute approximate surface area is 163 Å². The molecule has 4 unspecified atom stereocenters. The quantitative estimate of drug-likeness (QED) is 0.756. The van der Waals surface area contributed by atoms with Gasteiger partial charge in [0.1, 0.15) is 5.78 Å². The number of likely N-dealkylation sites (tertiary alicyclic amines) is 1. The molecule has 3 nitrogen and oxygen atoms in total. The SMILES string of the molecule is CN1CC2(C1)CN(c1ccc3c(c1)CCC1C3CCC3(C)C(=O)CCC13)C2. The first kappa shape index (κ1) is 16.6. The Kier molecular flexibility index (Phi) is 3.30. The topological polar surface area (TPSA) is 23.6 Å². The molecule has 4 fully saturated rings. The molecular formula is C24H32N2O. The number of Topliss-reactive ketones (excluding diaryl/α,β-unsaturated/α-hetero) is 1. The van der Waals surface area contributed by atoms with Crippen LogP contribution in [0.15, 0.2) is 18.2 Å². The van der Waals surface area contributed by atoms with Crippen molar-refractivity contribution in [3.8, 4) is 0 Å². The Balaban J connectivity index is 1.23. The van der Waals surface area contributed by atoms with Crippen LogP contribution in [0, 0.1) is 22.7 Å². The summed E-state index contributed by atoms with van der Waals surface area (Å²) in [5.74, 6) is 2.64. The number of hydrogen-bond acceptors (Lipinski definition) is 3. The number of benzene rings is 1. The van der Waals surface area contributed by atoms with E-state index in [1.165, 1.54) is 51.1 Å². The first-order valence-corrected chi connectivity index (χ1v) is 11.1. The monoisotopic (exact) mass is 364 g/mol. The fourth-order valence-electron chi connectivity index (χ4n) is 7.78. The van der Waals surface area contributed by atoms with Crippen molar-refractivity contribution < 1.29 is 4.79 Å². The fraction of sp³-hybridized carbons (Fsp3) is 0.708. The van der Waals surface area contributed by atoms with Gasteiger partial charge in [0, 0.05) is 49.1 Å². The lowest BCUT2D eigenvalue weighted by Gasteiger charge is -2.60. The predicted octanol–water partition coefficient (Wildman–Crippen LogP) is 3.86. The van der Waals surface area contributed by atoms with Crippen LogP contribution in [-0.2, 0) is 11.2 Å². The van der Waals surface area contributed by atoms with Gasteiger partial charge in [0.2, 0.25) is 0 Å². The Bertz CT molecular complexity index is 803. The molecule has 0 aromatic heterocycles. The molecule has 0 radical (unpaired) electrons. The molecule has 2 saturated carbocycles. The highest BCUT2D eigenvalue weighted by Gasteiger charge is 2.55. The lowest BCUT2D eigenvalue weighted by Crippen LogP contribution is -2.71. The molecule has 3 heteroatoms. The summed E-state index contributed by atoms with van der Waals surface area (Å²) in [6.45, 7) is 7.31. The molecule has 0 amide bonds. The summed E-state index contributed by atoms with van der Waals surface area (Å²) in [5.41, 5.74) is 5.27. The lowest BCUT2D eigenvalue weighted by molar-refractivity contribution is -0.129. The Morgan fingerprint density at radius 2 is 1.85 bits per heavy atom. The van der Waals surface area contributed by atoms with Crippen LogP contribution in [-0.4, -0.2) is 43.9 Å². The number of rotatable bonds is 1.